The van der Waals surface area contributed by atoms with Gasteiger partial charge in [-0.2, -0.15) is 0 Å². The zero-order valence-electron chi connectivity index (χ0n) is 20.6. The van der Waals surface area contributed by atoms with Crippen LogP contribution in [0.3, 0.4) is 0 Å². The molecule has 34 heavy (non-hydrogen) atoms. The third-order valence-corrected chi connectivity index (χ3v) is 6.92. The zero-order chi connectivity index (χ0) is 25.6. The lowest BCUT2D eigenvalue weighted by Crippen LogP contribution is -2.53. The number of sulfonamides is 1. The fourth-order valence-electron chi connectivity index (χ4n) is 3.69. The Morgan fingerprint density at radius 1 is 1.09 bits per heavy atom. The first-order valence-electron chi connectivity index (χ1n) is 11.2. The number of anilines is 1. The molecule has 0 radical (unpaired) electrons. The molecule has 186 valence electrons. The maximum atomic E-state index is 13.7. The van der Waals surface area contributed by atoms with Crippen LogP contribution in [-0.2, 0) is 26.2 Å². The summed E-state index contributed by atoms with van der Waals surface area (Å²) in [5.41, 5.74) is 2.71. The average molecular weight is 508 g/mol. The molecule has 0 heterocycles. The molecule has 0 aliphatic heterocycles. The fourth-order valence-corrected chi connectivity index (χ4v) is 4.79. The van der Waals surface area contributed by atoms with Crippen molar-refractivity contribution in [1.29, 1.82) is 0 Å². The third-order valence-electron chi connectivity index (χ3n) is 5.43. The van der Waals surface area contributed by atoms with Crippen LogP contribution in [-0.4, -0.2) is 50.0 Å². The van der Waals surface area contributed by atoms with Gasteiger partial charge in [0.15, 0.2) is 0 Å². The van der Waals surface area contributed by atoms with Crippen LogP contribution in [0, 0.1) is 13.8 Å². The van der Waals surface area contributed by atoms with Crippen molar-refractivity contribution >= 4 is 39.1 Å². The third kappa shape index (κ3) is 7.21. The van der Waals surface area contributed by atoms with Crippen molar-refractivity contribution in [1.82, 2.24) is 10.2 Å². The summed E-state index contributed by atoms with van der Waals surface area (Å²) in [4.78, 5) is 28.1. The Bertz CT molecular complexity index is 1130. The molecule has 0 bridgehead atoms. The van der Waals surface area contributed by atoms with Crippen LogP contribution in [0.4, 0.5) is 5.69 Å². The van der Waals surface area contributed by atoms with Crippen LogP contribution in [0.5, 0.6) is 0 Å². The molecule has 2 aromatic rings. The largest absolute Gasteiger partial charge is 0.352 e. The van der Waals surface area contributed by atoms with Gasteiger partial charge in [0, 0.05) is 17.6 Å². The summed E-state index contributed by atoms with van der Waals surface area (Å²) in [5.74, 6) is -0.785. The minimum atomic E-state index is -3.78. The summed E-state index contributed by atoms with van der Waals surface area (Å²) < 4.78 is 26.6. The van der Waals surface area contributed by atoms with Crippen LogP contribution < -0.4 is 9.62 Å². The number of benzene rings is 2. The lowest BCUT2D eigenvalue weighted by Gasteiger charge is -2.33. The molecule has 7 nitrogen and oxygen atoms in total. The molecule has 0 fully saturated rings. The predicted octanol–water partition coefficient (Wildman–Crippen LogP) is 4.05. The van der Waals surface area contributed by atoms with Gasteiger partial charge < -0.3 is 10.2 Å². The Morgan fingerprint density at radius 3 is 2.29 bits per heavy atom. The SMILES string of the molecule is CCC(C(=O)NC(C)C)N(Cc1ccccc1Cl)C(=O)CN(c1cc(C)ccc1C)S(C)(=O)=O. The van der Waals surface area contributed by atoms with Gasteiger partial charge in [0.05, 0.1) is 11.9 Å². The standard InChI is InChI=1S/C25H34ClN3O4S/c1-7-22(25(31)27-17(2)3)28(15-20-10-8-9-11-21(20)26)24(30)16-29(34(6,32)33)23-14-18(4)12-13-19(23)5/h8-14,17,22H,7,15-16H2,1-6H3,(H,27,31). The number of nitrogens with one attached hydrogen (secondary N) is 1. The van der Waals surface area contributed by atoms with Gasteiger partial charge in [0.25, 0.3) is 0 Å². The molecule has 1 unspecified atom stereocenters. The van der Waals surface area contributed by atoms with Gasteiger partial charge in [-0.25, -0.2) is 8.42 Å². The van der Waals surface area contributed by atoms with Crippen molar-refractivity contribution in [2.45, 2.75) is 59.7 Å². The van der Waals surface area contributed by atoms with Crippen LogP contribution in [0.1, 0.15) is 43.9 Å². The van der Waals surface area contributed by atoms with Gasteiger partial charge in [-0.15, -0.1) is 0 Å². The number of amides is 2. The number of hydrogen-bond acceptors (Lipinski definition) is 4. The second-order valence-electron chi connectivity index (χ2n) is 8.76. The van der Waals surface area contributed by atoms with Gasteiger partial charge in [-0.1, -0.05) is 48.9 Å². The molecule has 0 spiro atoms. The van der Waals surface area contributed by atoms with Crippen LogP contribution >= 0.6 is 11.6 Å². The maximum absolute atomic E-state index is 13.7. The number of hydrogen-bond donors (Lipinski definition) is 1. The Hall–Kier alpha value is -2.58. The first-order valence-corrected chi connectivity index (χ1v) is 13.5. The molecule has 0 saturated carbocycles. The summed E-state index contributed by atoms with van der Waals surface area (Å²) in [6, 6.07) is 11.6. The van der Waals surface area contributed by atoms with E-state index in [9.17, 15) is 18.0 Å². The van der Waals surface area contributed by atoms with Gasteiger partial charge in [-0.3, -0.25) is 13.9 Å². The molecule has 1 N–H and O–H groups in total. The Labute approximate surface area is 208 Å². The van der Waals surface area contributed by atoms with Crippen molar-refractivity contribution in [3.05, 3.63) is 64.2 Å². The lowest BCUT2D eigenvalue weighted by molar-refractivity contribution is -0.140. The quantitative estimate of drug-likeness (QED) is 0.525. The molecule has 0 aliphatic carbocycles. The van der Waals surface area contributed by atoms with Crippen molar-refractivity contribution in [2.75, 3.05) is 17.1 Å². The first kappa shape index (κ1) is 27.7. The van der Waals surface area contributed by atoms with E-state index in [2.05, 4.69) is 5.32 Å². The highest BCUT2D eigenvalue weighted by atomic mass is 35.5. The molecular weight excluding hydrogens is 474 g/mol. The van der Waals surface area contributed by atoms with Gasteiger partial charge in [0.2, 0.25) is 21.8 Å². The Morgan fingerprint density at radius 2 is 1.74 bits per heavy atom. The number of aryl methyl sites for hydroxylation is 2. The number of carbonyl (C=O) groups is 2. The van der Waals surface area contributed by atoms with Gasteiger partial charge in [0.1, 0.15) is 12.6 Å². The van der Waals surface area contributed by atoms with Crippen LogP contribution in [0.2, 0.25) is 5.02 Å². The summed E-state index contributed by atoms with van der Waals surface area (Å²) in [6.07, 6.45) is 1.43. The molecule has 1 atom stereocenters. The molecule has 2 amide bonds. The number of halogens is 1. The van der Waals surface area contributed by atoms with E-state index in [-0.39, 0.29) is 18.5 Å². The van der Waals surface area contributed by atoms with E-state index in [1.165, 1.54) is 4.90 Å². The van der Waals surface area contributed by atoms with E-state index in [4.69, 9.17) is 11.6 Å². The number of rotatable bonds is 10. The molecule has 0 saturated heterocycles. The van der Waals surface area contributed by atoms with E-state index in [0.717, 1.165) is 21.7 Å². The molecule has 0 aromatic heterocycles. The summed E-state index contributed by atoms with van der Waals surface area (Å²) >= 11 is 6.35. The van der Waals surface area contributed by atoms with E-state index in [1.807, 2.05) is 39.8 Å². The first-order chi connectivity index (χ1) is 15.8. The Kier molecular flexibility index (Phi) is 9.53. The second-order valence-corrected chi connectivity index (χ2v) is 11.1. The van der Waals surface area contributed by atoms with Crippen molar-refractivity contribution in [2.24, 2.45) is 0 Å². The van der Waals surface area contributed by atoms with E-state index in [1.54, 1.807) is 37.3 Å². The minimum absolute atomic E-state index is 0.0763. The smallest absolute Gasteiger partial charge is 0.244 e. The molecule has 2 rings (SSSR count). The number of nitrogens with zero attached hydrogens (tertiary/aromatic N) is 2. The molecule has 9 heteroatoms. The zero-order valence-corrected chi connectivity index (χ0v) is 22.2. The molecule has 2 aromatic carbocycles. The maximum Gasteiger partial charge on any atom is 0.244 e. The summed E-state index contributed by atoms with van der Waals surface area (Å²) in [5, 5.41) is 3.33. The highest BCUT2D eigenvalue weighted by molar-refractivity contribution is 7.92. The van der Waals surface area contributed by atoms with Crippen molar-refractivity contribution in [3.63, 3.8) is 0 Å². The van der Waals surface area contributed by atoms with E-state index >= 15 is 0 Å². The van der Waals surface area contributed by atoms with Crippen molar-refractivity contribution in [3.8, 4) is 0 Å². The topological polar surface area (TPSA) is 86.8 Å². The number of carbonyl (C=O) groups excluding carboxylic acids is 2. The van der Waals surface area contributed by atoms with E-state index in [0.29, 0.717) is 22.7 Å². The van der Waals surface area contributed by atoms with Gasteiger partial charge >= 0.3 is 0 Å². The summed E-state index contributed by atoms with van der Waals surface area (Å²) in [7, 11) is -3.78. The normalized spacial score (nSPS) is 12.4. The minimum Gasteiger partial charge on any atom is -0.352 e. The fraction of sp³-hybridized carbons (Fsp3) is 0.440. The highest BCUT2D eigenvalue weighted by Crippen LogP contribution is 2.25. The van der Waals surface area contributed by atoms with Crippen LogP contribution in [0.15, 0.2) is 42.5 Å². The van der Waals surface area contributed by atoms with Crippen molar-refractivity contribution < 1.29 is 18.0 Å². The van der Waals surface area contributed by atoms with Crippen LogP contribution in [0.25, 0.3) is 0 Å². The monoisotopic (exact) mass is 507 g/mol. The molecule has 0 aliphatic rings. The Balaban J connectivity index is 2.50. The predicted molar refractivity (Wildman–Crippen MR) is 137 cm³/mol. The highest BCUT2D eigenvalue weighted by Gasteiger charge is 2.32. The summed E-state index contributed by atoms with van der Waals surface area (Å²) in [6.45, 7) is 8.80. The van der Waals surface area contributed by atoms with Gasteiger partial charge in [-0.05, 0) is 62.9 Å². The average Bonchev–Trinajstić information content (AvgIpc) is 2.73. The second kappa shape index (κ2) is 11.7. The lowest BCUT2D eigenvalue weighted by atomic mass is 10.1. The molecular formula is C25H34ClN3O4S. The van der Waals surface area contributed by atoms with E-state index < -0.39 is 28.5 Å².